The zero-order chi connectivity index (χ0) is 26.8. The van der Waals surface area contributed by atoms with Crippen LogP contribution in [-0.4, -0.2) is 32.0 Å². The molecular formula is C30H30BrN5OS. The highest BCUT2D eigenvalue weighted by atomic mass is 79.9. The van der Waals surface area contributed by atoms with Crippen LogP contribution in [0.4, 0.5) is 5.69 Å². The smallest absolute Gasteiger partial charge is 0.226 e. The van der Waals surface area contributed by atoms with E-state index < -0.39 is 0 Å². The zero-order valence-electron chi connectivity index (χ0n) is 21.6. The second-order valence-electron chi connectivity index (χ2n) is 9.63. The molecule has 0 bridgehead atoms. The van der Waals surface area contributed by atoms with E-state index in [4.69, 9.17) is 12.2 Å². The Labute approximate surface area is 237 Å². The molecule has 0 spiro atoms. The Morgan fingerprint density at radius 3 is 2.55 bits per heavy atom. The van der Waals surface area contributed by atoms with Gasteiger partial charge in [-0.1, -0.05) is 45.8 Å². The molecule has 4 aromatic rings. The maximum Gasteiger partial charge on any atom is 0.226 e. The number of halogens is 1. The third-order valence-corrected chi connectivity index (χ3v) is 7.81. The molecule has 2 aromatic heterocycles. The summed E-state index contributed by atoms with van der Waals surface area (Å²) in [5, 5.41) is 7.13. The average molecular weight is 589 g/mol. The van der Waals surface area contributed by atoms with Gasteiger partial charge in [0.2, 0.25) is 5.91 Å². The first-order valence-corrected chi connectivity index (χ1v) is 13.8. The van der Waals surface area contributed by atoms with Crippen molar-refractivity contribution in [2.45, 2.75) is 39.3 Å². The molecule has 38 heavy (non-hydrogen) atoms. The van der Waals surface area contributed by atoms with Gasteiger partial charge >= 0.3 is 0 Å². The summed E-state index contributed by atoms with van der Waals surface area (Å²) in [6.07, 6.45) is 2.12. The molecule has 1 amide bonds. The predicted octanol–water partition coefficient (Wildman–Crippen LogP) is 6.56. The summed E-state index contributed by atoms with van der Waals surface area (Å²) in [5.74, 6) is -0.0451. The zero-order valence-corrected chi connectivity index (χ0v) is 24.0. The van der Waals surface area contributed by atoms with Crippen LogP contribution in [0.3, 0.4) is 0 Å². The minimum atomic E-state index is -0.139. The average Bonchev–Trinajstić information content (AvgIpc) is 3.39. The number of carbonyl (C=O) groups is 1. The summed E-state index contributed by atoms with van der Waals surface area (Å²) >= 11 is 9.43. The van der Waals surface area contributed by atoms with Gasteiger partial charge in [0, 0.05) is 46.4 Å². The third kappa shape index (κ3) is 5.37. The van der Waals surface area contributed by atoms with Crippen LogP contribution in [0.25, 0.3) is 5.69 Å². The standard InChI is InChI=1S/C30H30BrN5OS/c1-19-10-12-23(13-11-19)33-27(37)14-16-35-29(28(34-30(35)38)26-9-4-5-15-32-26)25-17-20(2)36(21(25)3)24-8-6-7-22(31)18-24/h4-13,15,17-18,28-29H,14,16H2,1-3H3,(H,33,37)(H,34,38)/t28-,29+/m0/s1. The second-order valence-corrected chi connectivity index (χ2v) is 10.9. The Hall–Kier alpha value is -3.49. The second kappa shape index (κ2) is 11.1. The van der Waals surface area contributed by atoms with Crippen LogP contribution < -0.4 is 10.6 Å². The molecule has 0 aliphatic carbocycles. The number of rotatable bonds is 7. The van der Waals surface area contributed by atoms with Gasteiger partial charge in [0.25, 0.3) is 0 Å². The van der Waals surface area contributed by atoms with Crippen LogP contribution in [0.1, 0.15) is 46.7 Å². The van der Waals surface area contributed by atoms with E-state index >= 15 is 0 Å². The molecule has 1 aliphatic rings. The summed E-state index contributed by atoms with van der Waals surface area (Å²) in [4.78, 5) is 19.7. The summed E-state index contributed by atoms with van der Waals surface area (Å²) in [7, 11) is 0. The van der Waals surface area contributed by atoms with Gasteiger partial charge in [-0.3, -0.25) is 9.78 Å². The molecule has 8 heteroatoms. The van der Waals surface area contributed by atoms with Crippen molar-refractivity contribution in [2.75, 3.05) is 11.9 Å². The summed E-state index contributed by atoms with van der Waals surface area (Å²) in [5.41, 5.74) is 7.37. The number of thiocarbonyl (C=S) groups is 1. The SMILES string of the molecule is Cc1ccc(NC(=O)CCN2C(=S)N[C@@H](c3ccccn3)[C@H]2c2cc(C)n(-c3cccc(Br)c3)c2C)cc1. The molecule has 0 radical (unpaired) electrons. The maximum atomic E-state index is 12.9. The van der Waals surface area contributed by atoms with Crippen LogP contribution in [0.5, 0.6) is 0 Å². The lowest BCUT2D eigenvalue weighted by molar-refractivity contribution is -0.116. The fraction of sp³-hybridized carbons (Fsp3) is 0.233. The van der Waals surface area contributed by atoms with Crippen molar-refractivity contribution in [3.63, 3.8) is 0 Å². The Bertz CT molecular complexity index is 1470. The molecule has 2 aromatic carbocycles. The molecule has 0 unspecified atom stereocenters. The Kier molecular flexibility index (Phi) is 7.63. The van der Waals surface area contributed by atoms with Crippen molar-refractivity contribution >= 4 is 44.9 Å². The van der Waals surface area contributed by atoms with Crippen molar-refractivity contribution in [1.82, 2.24) is 19.8 Å². The number of hydrogen-bond acceptors (Lipinski definition) is 3. The van der Waals surface area contributed by atoms with E-state index in [2.05, 4.69) is 73.1 Å². The van der Waals surface area contributed by atoms with Crippen LogP contribution in [0.15, 0.2) is 83.5 Å². The predicted molar refractivity (Wildman–Crippen MR) is 160 cm³/mol. The molecule has 5 rings (SSSR count). The van der Waals surface area contributed by atoms with Crippen LogP contribution in [0.2, 0.25) is 0 Å². The lowest BCUT2D eigenvalue weighted by Gasteiger charge is -2.28. The summed E-state index contributed by atoms with van der Waals surface area (Å²) in [6, 6.07) is 24.0. The minimum absolute atomic E-state index is 0.0451. The van der Waals surface area contributed by atoms with Crippen LogP contribution in [-0.2, 0) is 4.79 Å². The molecule has 0 saturated carbocycles. The Morgan fingerprint density at radius 1 is 1.05 bits per heavy atom. The number of hydrogen-bond donors (Lipinski definition) is 2. The van der Waals surface area contributed by atoms with E-state index in [9.17, 15) is 4.79 Å². The van der Waals surface area contributed by atoms with Crippen LogP contribution >= 0.6 is 28.1 Å². The molecule has 1 fully saturated rings. The molecule has 6 nitrogen and oxygen atoms in total. The lowest BCUT2D eigenvalue weighted by Crippen LogP contribution is -2.32. The third-order valence-electron chi connectivity index (χ3n) is 6.97. The molecule has 1 saturated heterocycles. The number of nitrogens with one attached hydrogen (secondary N) is 2. The molecular weight excluding hydrogens is 558 g/mol. The normalized spacial score (nSPS) is 16.9. The summed E-state index contributed by atoms with van der Waals surface area (Å²) in [6.45, 7) is 6.77. The molecule has 2 N–H and O–H groups in total. The number of aromatic nitrogens is 2. The van der Waals surface area contributed by atoms with Gasteiger partial charge < -0.3 is 20.1 Å². The first-order valence-electron chi connectivity index (χ1n) is 12.6. The fourth-order valence-corrected chi connectivity index (χ4v) is 5.89. The van der Waals surface area contributed by atoms with E-state index in [0.29, 0.717) is 18.1 Å². The maximum absolute atomic E-state index is 12.9. The van der Waals surface area contributed by atoms with E-state index in [1.54, 1.807) is 6.20 Å². The molecule has 3 heterocycles. The quantitative estimate of drug-likeness (QED) is 0.240. The highest BCUT2D eigenvalue weighted by Gasteiger charge is 2.41. The lowest BCUT2D eigenvalue weighted by atomic mass is 9.96. The molecule has 2 atom stereocenters. The first-order chi connectivity index (χ1) is 18.3. The van der Waals surface area contributed by atoms with Crippen molar-refractivity contribution in [1.29, 1.82) is 0 Å². The number of nitrogens with zero attached hydrogens (tertiary/aromatic N) is 3. The van der Waals surface area contributed by atoms with Gasteiger partial charge in [0.05, 0.1) is 17.8 Å². The molecule has 1 aliphatic heterocycles. The highest BCUT2D eigenvalue weighted by Crippen LogP contribution is 2.41. The van der Waals surface area contributed by atoms with Gasteiger partial charge in [-0.2, -0.15) is 0 Å². The largest absolute Gasteiger partial charge is 0.352 e. The van der Waals surface area contributed by atoms with Gasteiger partial charge in [-0.15, -0.1) is 0 Å². The summed E-state index contributed by atoms with van der Waals surface area (Å²) < 4.78 is 3.29. The van der Waals surface area contributed by atoms with E-state index in [-0.39, 0.29) is 18.0 Å². The Morgan fingerprint density at radius 2 is 1.84 bits per heavy atom. The van der Waals surface area contributed by atoms with Crippen molar-refractivity contribution < 1.29 is 4.79 Å². The van der Waals surface area contributed by atoms with E-state index in [1.807, 2.05) is 61.5 Å². The van der Waals surface area contributed by atoms with Gasteiger partial charge in [-0.05, 0) is 87.1 Å². The monoisotopic (exact) mass is 587 g/mol. The number of carbonyl (C=O) groups excluding carboxylic acids is 1. The first kappa shape index (κ1) is 26.1. The Balaban J connectivity index is 1.46. The molecule has 194 valence electrons. The van der Waals surface area contributed by atoms with Crippen molar-refractivity contribution in [3.05, 3.63) is 112 Å². The van der Waals surface area contributed by atoms with Gasteiger partial charge in [-0.25, -0.2) is 0 Å². The van der Waals surface area contributed by atoms with Gasteiger partial charge in [0.15, 0.2) is 5.11 Å². The number of aryl methyl sites for hydroxylation is 2. The van der Waals surface area contributed by atoms with E-state index in [0.717, 1.165) is 44.1 Å². The number of amides is 1. The van der Waals surface area contributed by atoms with Crippen LogP contribution in [0, 0.1) is 20.8 Å². The number of anilines is 1. The van der Waals surface area contributed by atoms with E-state index in [1.165, 1.54) is 0 Å². The van der Waals surface area contributed by atoms with Crippen molar-refractivity contribution in [3.8, 4) is 5.69 Å². The topological polar surface area (TPSA) is 62.2 Å². The van der Waals surface area contributed by atoms with Crippen molar-refractivity contribution in [2.24, 2.45) is 0 Å². The minimum Gasteiger partial charge on any atom is -0.352 e. The number of pyridine rings is 1. The highest BCUT2D eigenvalue weighted by molar-refractivity contribution is 9.10. The fourth-order valence-electron chi connectivity index (χ4n) is 5.17. The van der Waals surface area contributed by atoms with Gasteiger partial charge in [0.1, 0.15) is 0 Å². The number of benzene rings is 2.